The van der Waals surface area contributed by atoms with Crippen LogP contribution < -0.4 is 5.32 Å². The first-order valence-corrected chi connectivity index (χ1v) is 5.48. The van der Waals surface area contributed by atoms with Gasteiger partial charge in [0.2, 0.25) is 0 Å². The number of aromatic nitrogens is 2. The summed E-state index contributed by atoms with van der Waals surface area (Å²) in [5, 5.41) is 3.72. The van der Waals surface area contributed by atoms with Crippen LogP contribution in [-0.2, 0) is 4.74 Å². The molecule has 2 atom stereocenters. The van der Waals surface area contributed by atoms with Crippen LogP contribution in [0, 0.1) is 0 Å². The fourth-order valence-corrected chi connectivity index (χ4v) is 1.90. The van der Waals surface area contributed by atoms with E-state index in [4.69, 9.17) is 16.3 Å². The van der Waals surface area contributed by atoms with Crippen molar-refractivity contribution in [1.82, 2.24) is 9.97 Å². The SMILES string of the molecule is CC1CC(Nc2nccnc2Cl)CCO1. The molecule has 5 heteroatoms. The van der Waals surface area contributed by atoms with Gasteiger partial charge in [-0.1, -0.05) is 11.6 Å². The van der Waals surface area contributed by atoms with Gasteiger partial charge in [0, 0.05) is 25.0 Å². The lowest BCUT2D eigenvalue weighted by Gasteiger charge is -2.28. The van der Waals surface area contributed by atoms with Crippen LogP contribution in [0.1, 0.15) is 19.8 Å². The molecule has 1 aliphatic heterocycles. The summed E-state index contributed by atoms with van der Waals surface area (Å²) in [7, 11) is 0. The minimum Gasteiger partial charge on any atom is -0.378 e. The summed E-state index contributed by atoms with van der Waals surface area (Å²) in [5.41, 5.74) is 0. The predicted molar refractivity (Wildman–Crippen MR) is 59.1 cm³/mol. The maximum atomic E-state index is 5.91. The van der Waals surface area contributed by atoms with Gasteiger partial charge in [0.25, 0.3) is 0 Å². The second kappa shape index (κ2) is 4.77. The zero-order chi connectivity index (χ0) is 10.7. The zero-order valence-corrected chi connectivity index (χ0v) is 9.37. The Kier molecular flexibility index (Phi) is 3.38. The molecule has 4 nitrogen and oxygen atoms in total. The van der Waals surface area contributed by atoms with Crippen molar-refractivity contribution in [3.8, 4) is 0 Å². The lowest BCUT2D eigenvalue weighted by atomic mass is 10.0. The third-order valence-corrected chi connectivity index (χ3v) is 2.76. The van der Waals surface area contributed by atoms with Crippen molar-refractivity contribution in [2.75, 3.05) is 11.9 Å². The summed E-state index contributed by atoms with van der Waals surface area (Å²) in [6, 6.07) is 0.378. The van der Waals surface area contributed by atoms with Gasteiger partial charge in [-0.15, -0.1) is 0 Å². The highest BCUT2D eigenvalue weighted by Gasteiger charge is 2.20. The molecule has 15 heavy (non-hydrogen) atoms. The number of nitrogens with one attached hydrogen (secondary N) is 1. The molecule has 82 valence electrons. The van der Waals surface area contributed by atoms with Crippen LogP contribution in [0.4, 0.5) is 5.82 Å². The molecule has 0 saturated carbocycles. The molecule has 2 unspecified atom stereocenters. The molecule has 1 aliphatic rings. The fraction of sp³-hybridized carbons (Fsp3) is 0.600. The number of ether oxygens (including phenoxy) is 1. The Balaban J connectivity index is 1.99. The summed E-state index contributed by atoms with van der Waals surface area (Å²) in [6.07, 6.45) is 5.48. The van der Waals surface area contributed by atoms with Crippen LogP contribution in [0.15, 0.2) is 12.4 Å². The Bertz CT molecular complexity index is 334. The highest BCUT2D eigenvalue weighted by atomic mass is 35.5. The minimum absolute atomic E-state index is 0.298. The van der Waals surface area contributed by atoms with E-state index >= 15 is 0 Å². The summed E-state index contributed by atoms with van der Waals surface area (Å²) < 4.78 is 5.47. The number of hydrogen-bond donors (Lipinski definition) is 1. The number of hydrogen-bond acceptors (Lipinski definition) is 4. The van der Waals surface area contributed by atoms with Crippen molar-refractivity contribution < 1.29 is 4.74 Å². The Labute approximate surface area is 94.0 Å². The standard InChI is InChI=1S/C10H14ClN3O/c1-7-6-8(2-5-15-7)14-10-9(11)12-3-4-13-10/h3-4,7-8H,2,5-6H2,1H3,(H,13,14). The molecule has 1 N–H and O–H groups in total. The molecule has 1 fully saturated rings. The maximum Gasteiger partial charge on any atom is 0.171 e. The highest BCUT2D eigenvalue weighted by Crippen LogP contribution is 2.20. The lowest BCUT2D eigenvalue weighted by Crippen LogP contribution is -2.32. The Morgan fingerprint density at radius 2 is 2.27 bits per heavy atom. The van der Waals surface area contributed by atoms with Crippen LogP contribution in [-0.4, -0.2) is 28.7 Å². The van der Waals surface area contributed by atoms with Crippen molar-refractivity contribution in [3.63, 3.8) is 0 Å². The van der Waals surface area contributed by atoms with E-state index in [1.165, 1.54) is 0 Å². The largest absolute Gasteiger partial charge is 0.378 e. The number of anilines is 1. The second-order valence-electron chi connectivity index (χ2n) is 3.74. The van der Waals surface area contributed by atoms with Gasteiger partial charge in [-0.25, -0.2) is 9.97 Å². The van der Waals surface area contributed by atoms with E-state index in [2.05, 4.69) is 22.2 Å². The molecule has 0 radical (unpaired) electrons. The molecule has 0 spiro atoms. The van der Waals surface area contributed by atoms with E-state index in [9.17, 15) is 0 Å². The first-order valence-electron chi connectivity index (χ1n) is 5.10. The van der Waals surface area contributed by atoms with Crippen LogP contribution in [0.5, 0.6) is 0 Å². The summed E-state index contributed by atoms with van der Waals surface area (Å²) >= 11 is 5.91. The van der Waals surface area contributed by atoms with Gasteiger partial charge < -0.3 is 10.1 Å². The molecule has 0 aromatic carbocycles. The molecule has 1 aromatic rings. The topological polar surface area (TPSA) is 47.0 Å². The van der Waals surface area contributed by atoms with E-state index in [0.717, 1.165) is 19.4 Å². The quantitative estimate of drug-likeness (QED) is 0.841. The third-order valence-electron chi connectivity index (χ3n) is 2.48. The number of rotatable bonds is 2. The predicted octanol–water partition coefficient (Wildman–Crippen LogP) is 2.11. The zero-order valence-electron chi connectivity index (χ0n) is 8.61. The number of halogens is 1. The van der Waals surface area contributed by atoms with E-state index in [1.807, 2.05) is 0 Å². The average molecular weight is 228 g/mol. The van der Waals surface area contributed by atoms with Crippen molar-refractivity contribution >= 4 is 17.4 Å². The Morgan fingerprint density at radius 1 is 1.47 bits per heavy atom. The molecule has 0 bridgehead atoms. The molecular weight excluding hydrogens is 214 g/mol. The van der Waals surface area contributed by atoms with Crippen LogP contribution in [0.25, 0.3) is 0 Å². The van der Waals surface area contributed by atoms with Crippen molar-refractivity contribution in [3.05, 3.63) is 17.5 Å². The highest BCUT2D eigenvalue weighted by molar-refractivity contribution is 6.31. The fourth-order valence-electron chi connectivity index (χ4n) is 1.74. The first-order chi connectivity index (χ1) is 7.25. The molecule has 2 heterocycles. The molecular formula is C10H14ClN3O. The van der Waals surface area contributed by atoms with E-state index in [-0.39, 0.29) is 0 Å². The molecule has 2 rings (SSSR count). The van der Waals surface area contributed by atoms with Crippen molar-refractivity contribution in [2.24, 2.45) is 0 Å². The van der Waals surface area contributed by atoms with Gasteiger partial charge >= 0.3 is 0 Å². The normalized spacial score (nSPS) is 26.3. The summed E-state index contributed by atoms with van der Waals surface area (Å²) in [5.74, 6) is 0.665. The molecule has 1 aromatic heterocycles. The molecule has 0 amide bonds. The first kappa shape index (κ1) is 10.6. The Hall–Kier alpha value is -0.870. The summed E-state index contributed by atoms with van der Waals surface area (Å²) in [4.78, 5) is 8.12. The van der Waals surface area contributed by atoms with E-state index in [0.29, 0.717) is 23.1 Å². The Morgan fingerprint density at radius 3 is 3.00 bits per heavy atom. The molecule has 0 aliphatic carbocycles. The lowest BCUT2D eigenvalue weighted by molar-refractivity contribution is 0.0232. The second-order valence-corrected chi connectivity index (χ2v) is 4.10. The maximum absolute atomic E-state index is 5.91. The van der Waals surface area contributed by atoms with Crippen molar-refractivity contribution in [2.45, 2.75) is 31.9 Å². The van der Waals surface area contributed by atoms with Gasteiger partial charge in [0.05, 0.1) is 6.10 Å². The van der Waals surface area contributed by atoms with Gasteiger partial charge in [-0.3, -0.25) is 0 Å². The van der Waals surface area contributed by atoms with Gasteiger partial charge in [0.1, 0.15) is 0 Å². The summed E-state index contributed by atoms with van der Waals surface area (Å²) in [6.45, 7) is 2.86. The van der Waals surface area contributed by atoms with Crippen LogP contribution in [0.2, 0.25) is 5.15 Å². The van der Waals surface area contributed by atoms with Crippen molar-refractivity contribution in [1.29, 1.82) is 0 Å². The van der Waals surface area contributed by atoms with Crippen LogP contribution in [0.3, 0.4) is 0 Å². The number of nitrogens with zero attached hydrogens (tertiary/aromatic N) is 2. The van der Waals surface area contributed by atoms with E-state index in [1.54, 1.807) is 12.4 Å². The van der Waals surface area contributed by atoms with Crippen LogP contribution >= 0.6 is 11.6 Å². The third kappa shape index (κ3) is 2.79. The monoisotopic (exact) mass is 227 g/mol. The van der Waals surface area contributed by atoms with E-state index < -0.39 is 0 Å². The van der Waals surface area contributed by atoms with Gasteiger partial charge in [0.15, 0.2) is 11.0 Å². The van der Waals surface area contributed by atoms with Gasteiger partial charge in [-0.05, 0) is 19.8 Å². The average Bonchev–Trinajstić information content (AvgIpc) is 2.22. The van der Waals surface area contributed by atoms with Gasteiger partial charge in [-0.2, -0.15) is 0 Å². The smallest absolute Gasteiger partial charge is 0.171 e. The minimum atomic E-state index is 0.298. The molecule has 1 saturated heterocycles.